The molecule has 1 atom stereocenters. The van der Waals surface area contributed by atoms with Crippen molar-refractivity contribution in [2.24, 2.45) is 0 Å². The SMILES string of the molecule is CCCCCC(=O)OC[C@H](COP(=O)(O)O)OC(=O)CCCC. The number of phosphoric acid groups is 1. The van der Waals surface area contributed by atoms with Gasteiger partial charge in [-0.3, -0.25) is 14.1 Å². The molecular formula is C14H27O8P. The molecule has 0 saturated heterocycles. The molecule has 0 aliphatic rings. The Morgan fingerprint density at radius 3 is 2.13 bits per heavy atom. The largest absolute Gasteiger partial charge is 0.469 e. The van der Waals surface area contributed by atoms with E-state index in [1.54, 1.807) is 0 Å². The van der Waals surface area contributed by atoms with E-state index < -0.39 is 32.5 Å². The summed E-state index contributed by atoms with van der Waals surface area (Å²) in [7, 11) is -4.69. The number of carbonyl (C=O) groups excluding carboxylic acids is 2. The number of hydrogen-bond acceptors (Lipinski definition) is 6. The molecule has 0 bridgehead atoms. The first kappa shape index (κ1) is 22.1. The summed E-state index contributed by atoms with van der Waals surface area (Å²) < 4.78 is 25.1. The van der Waals surface area contributed by atoms with Gasteiger partial charge in [-0.15, -0.1) is 0 Å². The molecule has 0 aliphatic heterocycles. The molecule has 0 rings (SSSR count). The van der Waals surface area contributed by atoms with Gasteiger partial charge in [0.15, 0.2) is 6.10 Å². The van der Waals surface area contributed by atoms with Gasteiger partial charge in [0.2, 0.25) is 0 Å². The zero-order valence-electron chi connectivity index (χ0n) is 13.7. The van der Waals surface area contributed by atoms with E-state index in [9.17, 15) is 14.2 Å². The minimum Gasteiger partial charge on any atom is -0.462 e. The molecular weight excluding hydrogens is 327 g/mol. The number of hydrogen-bond donors (Lipinski definition) is 2. The van der Waals surface area contributed by atoms with E-state index in [2.05, 4.69) is 4.52 Å². The average Bonchev–Trinajstić information content (AvgIpc) is 2.47. The molecule has 9 heteroatoms. The smallest absolute Gasteiger partial charge is 0.462 e. The van der Waals surface area contributed by atoms with Crippen molar-refractivity contribution >= 4 is 19.8 Å². The Hall–Kier alpha value is -0.950. The first-order valence-corrected chi connectivity index (χ1v) is 9.36. The maximum Gasteiger partial charge on any atom is 0.469 e. The van der Waals surface area contributed by atoms with Crippen LogP contribution in [0.25, 0.3) is 0 Å². The predicted molar refractivity (Wildman–Crippen MR) is 82.5 cm³/mol. The fraction of sp³-hybridized carbons (Fsp3) is 0.857. The number of carbonyl (C=O) groups is 2. The van der Waals surface area contributed by atoms with Crippen LogP contribution in [0.15, 0.2) is 0 Å². The standard InChI is InChI=1S/C14H27O8P/c1-3-5-7-9-13(15)20-10-12(11-21-23(17,18)19)22-14(16)8-6-4-2/h12H,3-11H2,1-2H3,(H2,17,18,19)/t12-/m1/s1. The lowest BCUT2D eigenvalue weighted by Crippen LogP contribution is -2.29. The number of ether oxygens (including phenoxy) is 2. The number of phosphoric ester groups is 1. The molecule has 0 heterocycles. The molecule has 0 aromatic rings. The van der Waals surface area contributed by atoms with Gasteiger partial charge in [0, 0.05) is 12.8 Å². The molecule has 0 aromatic carbocycles. The van der Waals surface area contributed by atoms with Crippen LogP contribution in [0.5, 0.6) is 0 Å². The van der Waals surface area contributed by atoms with Gasteiger partial charge >= 0.3 is 19.8 Å². The second kappa shape index (κ2) is 12.5. The van der Waals surface area contributed by atoms with Crippen molar-refractivity contribution in [2.75, 3.05) is 13.2 Å². The lowest BCUT2D eigenvalue weighted by atomic mass is 10.2. The summed E-state index contributed by atoms with van der Waals surface area (Å²) in [5.41, 5.74) is 0. The normalized spacial score (nSPS) is 12.7. The van der Waals surface area contributed by atoms with Crippen molar-refractivity contribution in [3.8, 4) is 0 Å². The quantitative estimate of drug-likeness (QED) is 0.294. The van der Waals surface area contributed by atoms with Crippen LogP contribution in [0.1, 0.15) is 58.8 Å². The van der Waals surface area contributed by atoms with Crippen molar-refractivity contribution in [2.45, 2.75) is 64.9 Å². The fourth-order valence-electron chi connectivity index (χ4n) is 1.64. The first-order valence-electron chi connectivity index (χ1n) is 7.83. The maximum absolute atomic E-state index is 11.6. The Labute approximate surface area is 136 Å². The molecule has 0 unspecified atom stereocenters. The van der Waals surface area contributed by atoms with Crippen LogP contribution < -0.4 is 0 Å². The zero-order valence-corrected chi connectivity index (χ0v) is 14.6. The minimum absolute atomic E-state index is 0.188. The topological polar surface area (TPSA) is 119 Å². The van der Waals surface area contributed by atoms with Crippen LogP contribution in [0.2, 0.25) is 0 Å². The molecule has 0 saturated carbocycles. The van der Waals surface area contributed by atoms with Gasteiger partial charge in [-0.2, -0.15) is 0 Å². The van der Waals surface area contributed by atoms with Gasteiger partial charge in [0.05, 0.1) is 6.61 Å². The number of rotatable bonds is 13. The molecule has 23 heavy (non-hydrogen) atoms. The Morgan fingerprint density at radius 2 is 1.57 bits per heavy atom. The lowest BCUT2D eigenvalue weighted by Gasteiger charge is -2.18. The summed E-state index contributed by atoms with van der Waals surface area (Å²) in [4.78, 5) is 40.5. The second-order valence-corrected chi connectivity index (χ2v) is 6.38. The van der Waals surface area contributed by atoms with Crippen LogP contribution in [0.4, 0.5) is 0 Å². The number of esters is 2. The van der Waals surface area contributed by atoms with Crippen molar-refractivity contribution in [1.29, 1.82) is 0 Å². The Bertz CT molecular complexity index is 392. The molecule has 8 nitrogen and oxygen atoms in total. The van der Waals surface area contributed by atoms with E-state index in [-0.39, 0.29) is 19.4 Å². The zero-order chi connectivity index (χ0) is 17.7. The van der Waals surface area contributed by atoms with Gasteiger partial charge in [0.25, 0.3) is 0 Å². The minimum atomic E-state index is -4.69. The second-order valence-electron chi connectivity index (χ2n) is 5.14. The van der Waals surface area contributed by atoms with E-state index >= 15 is 0 Å². The summed E-state index contributed by atoms with van der Waals surface area (Å²) >= 11 is 0. The highest BCUT2D eigenvalue weighted by Gasteiger charge is 2.22. The van der Waals surface area contributed by atoms with Crippen molar-refractivity contribution in [3.63, 3.8) is 0 Å². The highest BCUT2D eigenvalue weighted by Crippen LogP contribution is 2.35. The molecule has 0 aliphatic carbocycles. The molecule has 0 fully saturated rings. The number of unbranched alkanes of at least 4 members (excludes halogenated alkanes) is 3. The fourth-order valence-corrected chi connectivity index (χ4v) is 2.00. The Kier molecular flexibility index (Phi) is 12.0. The molecule has 0 radical (unpaired) electrons. The van der Waals surface area contributed by atoms with Crippen LogP contribution in [0, 0.1) is 0 Å². The summed E-state index contributed by atoms with van der Waals surface area (Å²) in [5.74, 6) is -0.961. The van der Waals surface area contributed by atoms with E-state index in [0.29, 0.717) is 12.8 Å². The van der Waals surface area contributed by atoms with Crippen LogP contribution >= 0.6 is 7.82 Å². The molecule has 2 N–H and O–H groups in total. The molecule has 0 amide bonds. The summed E-state index contributed by atoms with van der Waals surface area (Å²) in [6.07, 6.45) is 3.44. The van der Waals surface area contributed by atoms with E-state index in [4.69, 9.17) is 19.3 Å². The van der Waals surface area contributed by atoms with Crippen molar-refractivity contribution < 1.29 is 37.9 Å². The Balaban J connectivity index is 4.32. The highest BCUT2D eigenvalue weighted by atomic mass is 31.2. The van der Waals surface area contributed by atoms with Crippen LogP contribution in [-0.2, 0) is 28.2 Å². The van der Waals surface area contributed by atoms with Gasteiger partial charge in [0.1, 0.15) is 6.61 Å². The van der Waals surface area contributed by atoms with Crippen LogP contribution in [0.3, 0.4) is 0 Å². The van der Waals surface area contributed by atoms with Gasteiger partial charge in [-0.05, 0) is 12.8 Å². The third-order valence-corrected chi connectivity index (χ3v) is 3.36. The third kappa shape index (κ3) is 14.4. The van der Waals surface area contributed by atoms with E-state index in [1.807, 2.05) is 13.8 Å². The maximum atomic E-state index is 11.6. The lowest BCUT2D eigenvalue weighted by molar-refractivity contribution is -0.161. The monoisotopic (exact) mass is 354 g/mol. The molecule has 0 spiro atoms. The first-order chi connectivity index (χ1) is 10.8. The van der Waals surface area contributed by atoms with Gasteiger partial charge in [-0.1, -0.05) is 33.1 Å². The van der Waals surface area contributed by atoms with E-state index in [1.165, 1.54) is 0 Å². The van der Waals surface area contributed by atoms with Gasteiger partial charge in [-0.25, -0.2) is 4.57 Å². The van der Waals surface area contributed by atoms with Crippen LogP contribution in [-0.4, -0.2) is 41.0 Å². The van der Waals surface area contributed by atoms with Gasteiger partial charge < -0.3 is 19.3 Å². The average molecular weight is 354 g/mol. The van der Waals surface area contributed by atoms with Crippen molar-refractivity contribution in [3.05, 3.63) is 0 Å². The van der Waals surface area contributed by atoms with E-state index in [0.717, 1.165) is 19.3 Å². The predicted octanol–water partition coefficient (Wildman–Crippen LogP) is 2.32. The molecule has 0 aromatic heterocycles. The Morgan fingerprint density at radius 1 is 0.957 bits per heavy atom. The van der Waals surface area contributed by atoms with Crippen molar-refractivity contribution in [1.82, 2.24) is 0 Å². The summed E-state index contributed by atoms with van der Waals surface area (Å²) in [6.45, 7) is 3.10. The third-order valence-electron chi connectivity index (χ3n) is 2.88. The summed E-state index contributed by atoms with van der Waals surface area (Å²) in [6, 6.07) is 0. The molecule has 136 valence electrons. The highest BCUT2D eigenvalue weighted by molar-refractivity contribution is 7.46. The summed E-state index contributed by atoms with van der Waals surface area (Å²) in [5, 5.41) is 0.